The second kappa shape index (κ2) is 4.42. The molecule has 0 saturated carbocycles. The smallest absolute Gasteiger partial charge is 0.251 e. The van der Waals surface area contributed by atoms with Crippen molar-refractivity contribution in [3.8, 4) is 0 Å². The number of carbonyl (C=O) groups excluding carboxylic acids is 1. The van der Waals surface area contributed by atoms with E-state index in [9.17, 15) is 20.1 Å². The third kappa shape index (κ3) is 2.86. The number of ether oxygens (including phenoxy) is 1. The van der Waals surface area contributed by atoms with Gasteiger partial charge in [-0.1, -0.05) is 0 Å². The van der Waals surface area contributed by atoms with Crippen LogP contribution in [0.1, 0.15) is 13.3 Å². The fraction of sp³-hybridized carbons (Fsp3) is 0.875. The topological polar surface area (TPSA) is 119 Å². The minimum atomic E-state index is -2.04. The van der Waals surface area contributed by atoms with Crippen molar-refractivity contribution in [1.29, 1.82) is 0 Å². The Morgan fingerprint density at radius 3 is 2.67 bits per heavy atom. The zero-order valence-electron chi connectivity index (χ0n) is 8.25. The molecule has 15 heavy (non-hydrogen) atoms. The summed E-state index contributed by atoms with van der Waals surface area (Å²) in [4.78, 5) is 10.7. The molecule has 7 heteroatoms. The fourth-order valence-electron chi connectivity index (χ4n) is 1.52. The van der Waals surface area contributed by atoms with E-state index in [1.165, 1.54) is 6.92 Å². The van der Waals surface area contributed by atoms with E-state index in [-0.39, 0.29) is 6.42 Å². The Balaban J connectivity index is 2.73. The summed E-state index contributed by atoms with van der Waals surface area (Å²) in [6.45, 7) is 0.604. The molecule has 0 bridgehead atoms. The van der Waals surface area contributed by atoms with Gasteiger partial charge in [-0.3, -0.25) is 4.79 Å². The second-order valence-electron chi connectivity index (χ2n) is 3.57. The first kappa shape index (κ1) is 12.3. The molecule has 0 aromatic heterocycles. The van der Waals surface area contributed by atoms with Crippen molar-refractivity contribution >= 4 is 5.91 Å². The van der Waals surface area contributed by atoms with Gasteiger partial charge in [-0.2, -0.15) is 0 Å². The number of aliphatic hydroxyl groups is 4. The van der Waals surface area contributed by atoms with Crippen LogP contribution in [-0.4, -0.2) is 57.2 Å². The summed E-state index contributed by atoms with van der Waals surface area (Å²) in [6, 6.07) is 0. The SMILES string of the molecule is CC(=O)NC1(O)C[C@@H](O)[C@@H](O)[C@@H](CO)O1. The van der Waals surface area contributed by atoms with Gasteiger partial charge in [0.1, 0.15) is 12.2 Å². The maximum Gasteiger partial charge on any atom is 0.251 e. The van der Waals surface area contributed by atoms with E-state index in [0.29, 0.717) is 0 Å². The summed E-state index contributed by atoms with van der Waals surface area (Å²) in [6.07, 6.45) is -4.05. The lowest BCUT2D eigenvalue weighted by molar-refractivity contribution is -0.315. The molecule has 0 aliphatic carbocycles. The predicted molar refractivity (Wildman–Crippen MR) is 47.4 cm³/mol. The minimum Gasteiger partial charge on any atom is -0.394 e. The molecular formula is C8H15NO6. The fourth-order valence-corrected chi connectivity index (χ4v) is 1.52. The zero-order chi connectivity index (χ0) is 11.6. The molecule has 1 amide bonds. The van der Waals surface area contributed by atoms with Crippen LogP contribution in [0.15, 0.2) is 0 Å². The molecule has 1 saturated heterocycles. The number of hydrogen-bond acceptors (Lipinski definition) is 6. The highest BCUT2D eigenvalue weighted by atomic mass is 16.7. The van der Waals surface area contributed by atoms with Crippen LogP contribution in [0.4, 0.5) is 0 Å². The number of aliphatic hydroxyl groups excluding tert-OH is 3. The molecule has 0 aromatic carbocycles. The van der Waals surface area contributed by atoms with Gasteiger partial charge < -0.3 is 30.5 Å². The quantitative estimate of drug-likeness (QED) is 0.323. The van der Waals surface area contributed by atoms with Crippen LogP contribution in [0, 0.1) is 0 Å². The largest absolute Gasteiger partial charge is 0.394 e. The van der Waals surface area contributed by atoms with E-state index < -0.39 is 36.7 Å². The summed E-state index contributed by atoms with van der Waals surface area (Å²) < 4.78 is 4.88. The van der Waals surface area contributed by atoms with E-state index in [4.69, 9.17) is 9.84 Å². The number of carbonyl (C=O) groups is 1. The van der Waals surface area contributed by atoms with Gasteiger partial charge in [0.25, 0.3) is 5.91 Å². The van der Waals surface area contributed by atoms with Gasteiger partial charge in [-0.25, -0.2) is 0 Å². The van der Waals surface area contributed by atoms with E-state index in [1.54, 1.807) is 0 Å². The van der Waals surface area contributed by atoms with Crippen molar-refractivity contribution in [2.24, 2.45) is 0 Å². The molecule has 88 valence electrons. The minimum absolute atomic E-state index is 0.357. The van der Waals surface area contributed by atoms with Gasteiger partial charge in [0.2, 0.25) is 5.91 Å². The van der Waals surface area contributed by atoms with Gasteiger partial charge in [0.05, 0.1) is 19.1 Å². The van der Waals surface area contributed by atoms with E-state index >= 15 is 0 Å². The molecule has 1 aliphatic heterocycles. The Morgan fingerprint density at radius 1 is 1.60 bits per heavy atom. The van der Waals surface area contributed by atoms with E-state index in [0.717, 1.165) is 0 Å². The monoisotopic (exact) mass is 221 g/mol. The molecule has 4 atom stereocenters. The molecule has 1 heterocycles. The lowest BCUT2D eigenvalue weighted by atomic mass is 9.99. The third-order valence-electron chi connectivity index (χ3n) is 2.16. The molecule has 7 nitrogen and oxygen atoms in total. The van der Waals surface area contributed by atoms with Crippen LogP contribution in [0.2, 0.25) is 0 Å². The maximum atomic E-state index is 10.7. The Morgan fingerprint density at radius 2 is 2.20 bits per heavy atom. The van der Waals surface area contributed by atoms with Crippen molar-refractivity contribution in [2.75, 3.05) is 6.61 Å². The van der Waals surface area contributed by atoms with Crippen molar-refractivity contribution in [3.63, 3.8) is 0 Å². The highest BCUT2D eigenvalue weighted by molar-refractivity contribution is 5.73. The molecule has 1 fully saturated rings. The standard InChI is InChI=1S/C8H15NO6/c1-4(11)9-8(14)2-5(12)7(13)6(3-10)15-8/h5-7,10,12-14H,2-3H2,1H3,(H,9,11)/t5-,6-,7-,8?/m1/s1. The lowest BCUT2D eigenvalue weighted by Gasteiger charge is -2.41. The summed E-state index contributed by atoms with van der Waals surface area (Å²) in [5, 5.41) is 39.3. The lowest BCUT2D eigenvalue weighted by Crippen LogP contribution is -2.62. The van der Waals surface area contributed by atoms with Gasteiger partial charge in [-0.15, -0.1) is 0 Å². The molecule has 5 N–H and O–H groups in total. The van der Waals surface area contributed by atoms with Crippen LogP contribution in [0.25, 0.3) is 0 Å². The normalized spacial score (nSPS) is 41.3. The first-order valence-electron chi connectivity index (χ1n) is 4.54. The number of rotatable bonds is 2. The van der Waals surface area contributed by atoms with E-state index in [2.05, 4.69) is 5.32 Å². The van der Waals surface area contributed by atoms with Gasteiger partial charge in [-0.05, 0) is 0 Å². The average molecular weight is 221 g/mol. The number of amides is 1. The molecule has 1 aliphatic rings. The highest BCUT2D eigenvalue weighted by Crippen LogP contribution is 2.25. The van der Waals surface area contributed by atoms with E-state index in [1.807, 2.05) is 0 Å². The Kier molecular flexibility index (Phi) is 3.63. The van der Waals surface area contributed by atoms with Crippen LogP contribution in [0.3, 0.4) is 0 Å². The molecule has 1 unspecified atom stereocenters. The first-order valence-corrected chi connectivity index (χ1v) is 4.54. The maximum absolute atomic E-state index is 10.7. The summed E-state index contributed by atoms with van der Waals surface area (Å²) in [5.74, 6) is -2.59. The molecular weight excluding hydrogens is 206 g/mol. The highest BCUT2D eigenvalue weighted by Gasteiger charge is 2.45. The third-order valence-corrected chi connectivity index (χ3v) is 2.16. The van der Waals surface area contributed by atoms with Crippen molar-refractivity contribution in [2.45, 2.75) is 37.6 Å². The zero-order valence-corrected chi connectivity index (χ0v) is 8.25. The molecule has 0 radical (unpaired) electrons. The predicted octanol–water partition coefficient (Wildman–Crippen LogP) is -2.73. The van der Waals surface area contributed by atoms with Crippen LogP contribution < -0.4 is 5.32 Å². The summed E-state index contributed by atoms with van der Waals surface area (Å²) in [5.41, 5.74) is 0. The van der Waals surface area contributed by atoms with Crippen molar-refractivity contribution in [1.82, 2.24) is 5.32 Å². The van der Waals surface area contributed by atoms with Crippen molar-refractivity contribution in [3.05, 3.63) is 0 Å². The molecule has 0 aromatic rings. The number of nitrogens with one attached hydrogen (secondary N) is 1. The van der Waals surface area contributed by atoms with Gasteiger partial charge in [0.15, 0.2) is 0 Å². The van der Waals surface area contributed by atoms with Gasteiger partial charge in [0, 0.05) is 6.92 Å². The Labute approximate surface area is 86.3 Å². The Hall–Kier alpha value is -0.730. The average Bonchev–Trinajstić information content (AvgIpc) is 2.09. The Bertz CT molecular complexity index is 247. The van der Waals surface area contributed by atoms with Crippen LogP contribution in [0.5, 0.6) is 0 Å². The summed E-state index contributed by atoms with van der Waals surface area (Å²) >= 11 is 0. The number of hydrogen-bond donors (Lipinski definition) is 5. The van der Waals surface area contributed by atoms with Gasteiger partial charge >= 0.3 is 0 Å². The van der Waals surface area contributed by atoms with Crippen LogP contribution in [-0.2, 0) is 9.53 Å². The molecule has 1 rings (SSSR count). The second-order valence-corrected chi connectivity index (χ2v) is 3.57. The summed E-state index contributed by atoms with van der Waals surface area (Å²) in [7, 11) is 0. The van der Waals surface area contributed by atoms with Crippen molar-refractivity contribution < 1.29 is 30.0 Å². The van der Waals surface area contributed by atoms with Crippen LogP contribution >= 0.6 is 0 Å². The first-order chi connectivity index (χ1) is 6.88. The molecule has 0 spiro atoms.